The molecule has 198 valence electrons. The van der Waals surface area contributed by atoms with Crippen LogP contribution in [0.2, 0.25) is 10.0 Å². The minimum Gasteiger partial charge on any atom is -0.497 e. The third kappa shape index (κ3) is 7.65. The Hall–Kier alpha value is -2.69. The third-order valence-electron chi connectivity index (χ3n) is 5.73. The summed E-state index contributed by atoms with van der Waals surface area (Å²) in [4.78, 5) is 26.9. The lowest BCUT2D eigenvalue weighted by Gasteiger charge is -2.45. The van der Waals surface area contributed by atoms with Crippen molar-refractivity contribution in [2.24, 2.45) is 0 Å². The van der Waals surface area contributed by atoms with Crippen LogP contribution in [-0.2, 0) is 16.9 Å². The second-order valence-corrected chi connectivity index (χ2v) is 9.06. The van der Waals surface area contributed by atoms with E-state index in [0.717, 1.165) is 9.80 Å². The first-order chi connectivity index (χ1) is 16.8. The van der Waals surface area contributed by atoms with Crippen molar-refractivity contribution in [3.8, 4) is 5.75 Å². The number of likely N-dealkylation sites (N-methyl/N-ethyl adjacent to an activating group) is 1. The van der Waals surface area contributed by atoms with E-state index in [9.17, 15) is 33.0 Å². The van der Waals surface area contributed by atoms with E-state index in [1.54, 1.807) is 24.3 Å². The lowest BCUT2D eigenvalue weighted by molar-refractivity contribution is -0.161. The van der Waals surface area contributed by atoms with Gasteiger partial charge in [0.25, 0.3) is 0 Å². The molecule has 0 fully saturated rings. The Morgan fingerprint density at radius 2 is 1.69 bits per heavy atom. The highest BCUT2D eigenvalue weighted by atomic mass is 35.5. The average molecular weight is 551 g/mol. The summed E-state index contributed by atoms with van der Waals surface area (Å²) < 4.78 is 43.9. The van der Waals surface area contributed by atoms with Gasteiger partial charge in [0.2, 0.25) is 5.91 Å². The minimum absolute atomic E-state index is 0.0203. The summed E-state index contributed by atoms with van der Waals surface area (Å²) in [6, 6.07) is 11.0. The Bertz CT molecular complexity index is 1050. The normalized spacial score (nSPS) is 13.1. The monoisotopic (exact) mass is 550 g/mol. The first-order valence-electron chi connectivity index (χ1n) is 10.8. The number of halogens is 5. The van der Waals surface area contributed by atoms with Crippen molar-refractivity contribution in [3.63, 3.8) is 0 Å². The van der Waals surface area contributed by atoms with Crippen molar-refractivity contribution >= 4 is 35.2 Å². The highest BCUT2D eigenvalue weighted by Crippen LogP contribution is 2.39. The van der Waals surface area contributed by atoms with Gasteiger partial charge in [-0.25, -0.2) is 4.79 Å². The molecule has 2 aromatic rings. The number of benzene rings is 2. The number of hydrogen-bond donors (Lipinski definition) is 2. The van der Waals surface area contributed by atoms with Crippen LogP contribution in [0.1, 0.15) is 30.4 Å². The van der Waals surface area contributed by atoms with Crippen LogP contribution < -0.4 is 4.74 Å². The zero-order chi connectivity index (χ0) is 27.1. The molecule has 0 aliphatic heterocycles. The standard InChI is InChI=1S/C24H27Cl2F3N2O5/c1-30(21(33)13-24(27,28)29)15-23(10-3-11-32,17-6-9-19(25)20(26)12-17)31(22(34)35)14-16-4-7-18(36-2)8-5-16/h4-9,12,32H,3,10-11,13-15H2,1-2H3,(H,34,35)/t23-/m1/s1. The molecule has 2 N–H and O–H groups in total. The molecule has 2 amide bonds. The number of alkyl halides is 3. The van der Waals surface area contributed by atoms with E-state index >= 15 is 0 Å². The molecular formula is C24H27Cl2F3N2O5. The summed E-state index contributed by atoms with van der Waals surface area (Å²) in [5, 5.41) is 20.2. The van der Waals surface area contributed by atoms with Crippen LogP contribution in [0.25, 0.3) is 0 Å². The second-order valence-electron chi connectivity index (χ2n) is 8.25. The van der Waals surface area contributed by atoms with Gasteiger partial charge in [0, 0.05) is 26.7 Å². The maximum atomic E-state index is 12.9. The highest BCUT2D eigenvalue weighted by molar-refractivity contribution is 6.42. The number of aliphatic hydroxyl groups is 1. The Balaban J connectivity index is 2.66. The number of carbonyl (C=O) groups excluding carboxylic acids is 1. The van der Waals surface area contributed by atoms with Crippen LogP contribution in [0.15, 0.2) is 42.5 Å². The molecule has 7 nitrogen and oxygen atoms in total. The molecule has 0 heterocycles. The van der Waals surface area contributed by atoms with Gasteiger partial charge in [-0.15, -0.1) is 0 Å². The zero-order valence-corrected chi connectivity index (χ0v) is 21.2. The fourth-order valence-electron chi connectivity index (χ4n) is 3.95. The number of aliphatic hydroxyl groups excluding tert-OH is 1. The molecule has 2 rings (SSSR count). The number of methoxy groups -OCH3 is 1. The Morgan fingerprint density at radius 1 is 1.06 bits per heavy atom. The average Bonchev–Trinajstić information content (AvgIpc) is 2.81. The molecule has 12 heteroatoms. The zero-order valence-electron chi connectivity index (χ0n) is 19.7. The molecule has 0 radical (unpaired) electrons. The Morgan fingerprint density at radius 3 is 2.19 bits per heavy atom. The van der Waals surface area contributed by atoms with Gasteiger partial charge in [-0.05, 0) is 48.2 Å². The number of ether oxygens (including phenoxy) is 1. The van der Waals surface area contributed by atoms with Gasteiger partial charge in [0.05, 0.1) is 22.7 Å². The van der Waals surface area contributed by atoms with E-state index < -0.39 is 36.7 Å². The number of carbonyl (C=O) groups is 2. The summed E-state index contributed by atoms with van der Waals surface area (Å²) in [6.45, 7) is -0.923. The second kappa shape index (κ2) is 12.5. The molecular weight excluding hydrogens is 524 g/mol. The van der Waals surface area contributed by atoms with Crippen LogP contribution in [-0.4, -0.2) is 65.5 Å². The first kappa shape index (κ1) is 29.5. The molecule has 2 aromatic carbocycles. The minimum atomic E-state index is -4.74. The van der Waals surface area contributed by atoms with Crippen LogP contribution in [0, 0.1) is 0 Å². The smallest absolute Gasteiger partial charge is 0.408 e. The SMILES string of the molecule is COc1ccc(CN(C(=O)O)[C@](CCCO)(CN(C)C(=O)CC(F)(F)F)c2ccc(Cl)c(Cl)c2)cc1. The number of carboxylic acid groups (broad SMARTS) is 1. The molecule has 0 saturated heterocycles. The van der Waals surface area contributed by atoms with E-state index in [-0.39, 0.29) is 36.0 Å². The molecule has 1 atom stereocenters. The summed E-state index contributed by atoms with van der Waals surface area (Å²) in [6.07, 6.45) is -7.75. The van der Waals surface area contributed by atoms with E-state index in [4.69, 9.17) is 27.9 Å². The van der Waals surface area contributed by atoms with Crippen LogP contribution in [0.4, 0.5) is 18.0 Å². The fourth-order valence-corrected chi connectivity index (χ4v) is 4.25. The summed E-state index contributed by atoms with van der Waals surface area (Å²) in [5.74, 6) is -0.681. The Kier molecular flexibility index (Phi) is 10.3. The van der Waals surface area contributed by atoms with Gasteiger partial charge < -0.3 is 19.8 Å². The molecule has 0 spiro atoms. The maximum absolute atomic E-state index is 12.9. The lowest BCUT2D eigenvalue weighted by Crippen LogP contribution is -2.55. The van der Waals surface area contributed by atoms with Gasteiger partial charge in [-0.2, -0.15) is 13.2 Å². The van der Waals surface area contributed by atoms with Crippen molar-refractivity contribution in [2.45, 2.75) is 37.5 Å². The maximum Gasteiger partial charge on any atom is 0.408 e. The predicted octanol–water partition coefficient (Wildman–Crippen LogP) is 5.56. The molecule has 0 unspecified atom stereocenters. The van der Waals surface area contributed by atoms with Gasteiger partial charge >= 0.3 is 12.3 Å². The molecule has 36 heavy (non-hydrogen) atoms. The van der Waals surface area contributed by atoms with Crippen LogP contribution in [0.5, 0.6) is 5.75 Å². The van der Waals surface area contributed by atoms with Crippen molar-refractivity contribution in [1.29, 1.82) is 0 Å². The van der Waals surface area contributed by atoms with Crippen LogP contribution in [0.3, 0.4) is 0 Å². The summed E-state index contributed by atoms with van der Waals surface area (Å²) in [5.41, 5.74) is -0.692. The van der Waals surface area contributed by atoms with E-state index in [1.165, 1.54) is 32.4 Å². The number of hydrogen-bond acceptors (Lipinski definition) is 4. The quantitative estimate of drug-likeness (QED) is 0.382. The first-order valence-corrected chi connectivity index (χ1v) is 11.6. The number of nitrogens with zero attached hydrogens (tertiary/aromatic N) is 2. The topological polar surface area (TPSA) is 90.3 Å². The largest absolute Gasteiger partial charge is 0.497 e. The van der Waals surface area contributed by atoms with E-state index in [0.29, 0.717) is 16.9 Å². The van der Waals surface area contributed by atoms with Crippen molar-refractivity contribution < 1.29 is 37.7 Å². The summed E-state index contributed by atoms with van der Waals surface area (Å²) >= 11 is 12.3. The van der Waals surface area contributed by atoms with E-state index in [2.05, 4.69) is 0 Å². The van der Waals surface area contributed by atoms with E-state index in [1.807, 2.05) is 0 Å². The van der Waals surface area contributed by atoms with Crippen molar-refractivity contribution in [1.82, 2.24) is 9.80 Å². The van der Waals surface area contributed by atoms with Crippen molar-refractivity contribution in [2.75, 3.05) is 27.3 Å². The van der Waals surface area contributed by atoms with Crippen LogP contribution >= 0.6 is 23.2 Å². The summed E-state index contributed by atoms with van der Waals surface area (Å²) in [7, 11) is 2.66. The van der Waals surface area contributed by atoms with Gasteiger partial charge in [-0.1, -0.05) is 41.4 Å². The Labute approximate surface area is 217 Å². The molecule has 0 aromatic heterocycles. The predicted molar refractivity (Wildman–Crippen MR) is 129 cm³/mol. The third-order valence-corrected chi connectivity index (χ3v) is 6.47. The molecule has 0 aliphatic carbocycles. The molecule has 0 bridgehead atoms. The molecule has 0 aliphatic rings. The van der Waals surface area contributed by atoms with Gasteiger partial charge in [-0.3, -0.25) is 9.69 Å². The van der Waals surface area contributed by atoms with Gasteiger partial charge in [0.1, 0.15) is 12.2 Å². The number of amides is 2. The van der Waals surface area contributed by atoms with Gasteiger partial charge in [0.15, 0.2) is 0 Å². The lowest BCUT2D eigenvalue weighted by atomic mass is 9.82. The highest BCUT2D eigenvalue weighted by Gasteiger charge is 2.44. The van der Waals surface area contributed by atoms with Crippen molar-refractivity contribution in [3.05, 3.63) is 63.6 Å². The molecule has 0 saturated carbocycles. The fraction of sp³-hybridized carbons (Fsp3) is 0.417. The number of rotatable bonds is 11.